The minimum Gasteiger partial charge on any atom is -0.392 e. The van der Waals surface area contributed by atoms with E-state index in [1.165, 1.54) is 31.6 Å². The van der Waals surface area contributed by atoms with Gasteiger partial charge >= 0.3 is 0 Å². The van der Waals surface area contributed by atoms with Crippen LogP contribution in [0.1, 0.15) is 18.4 Å². The first-order chi connectivity index (χ1) is 8.78. The Morgan fingerprint density at radius 2 is 2.17 bits per heavy atom. The van der Waals surface area contributed by atoms with Gasteiger partial charge in [0.1, 0.15) is 0 Å². The predicted octanol–water partition coefficient (Wildman–Crippen LogP) is 2.23. The maximum atomic E-state index is 9.15. The molecule has 3 rings (SSSR count). The van der Waals surface area contributed by atoms with Crippen molar-refractivity contribution in [2.75, 3.05) is 31.1 Å². The zero-order chi connectivity index (χ0) is 12.5. The molecule has 0 bridgehead atoms. The molecule has 1 aromatic rings. The Kier molecular flexibility index (Phi) is 3.59. The lowest BCUT2D eigenvalue weighted by molar-refractivity contribution is 0.231. The molecule has 0 radical (unpaired) electrons. The van der Waals surface area contributed by atoms with Crippen LogP contribution < -0.4 is 4.90 Å². The molecule has 2 fully saturated rings. The Bertz CT molecular complexity index is 438. The zero-order valence-corrected chi connectivity index (χ0v) is 12.1. The molecule has 2 heterocycles. The molecule has 2 aliphatic rings. The van der Waals surface area contributed by atoms with Gasteiger partial charge < -0.3 is 10.0 Å². The van der Waals surface area contributed by atoms with Crippen LogP contribution in [-0.4, -0.2) is 42.2 Å². The van der Waals surface area contributed by atoms with Gasteiger partial charge in [0.25, 0.3) is 0 Å². The van der Waals surface area contributed by atoms with Crippen molar-refractivity contribution >= 4 is 21.6 Å². The third-order valence-corrected chi connectivity index (χ3v) is 4.76. The van der Waals surface area contributed by atoms with Crippen molar-refractivity contribution in [1.82, 2.24) is 4.90 Å². The number of rotatable bonds is 2. The number of fused-ring (bicyclic) bond motifs is 1. The second-order valence-corrected chi connectivity index (χ2v) is 6.08. The van der Waals surface area contributed by atoms with Crippen LogP contribution in [0, 0.1) is 0 Å². The van der Waals surface area contributed by atoms with Crippen LogP contribution in [0.25, 0.3) is 0 Å². The smallest absolute Gasteiger partial charge is 0.0682 e. The summed E-state index contributed by atoms with van der Waals surface area (Å²) in [4.78, 5) is 5.09. The van der Waals surface area contributed by atoms with Gasteiger partial charge in [-0.15, -0.1) is 0 Å². The van der Waals surface area contributed by atoms with E-state index in [9.17, 15) is 0 Å². The summed E-state index contributed by atoms with van der Waals surface area (Å²) < 4.78 is 1.10. The largest absolute Gasteiger partial charge is 0.392 e. The first kappa shape index (κ1) is 12.5. The van der Waals surface area contributed by atoms with Crippen LogP contribution in [0.3, 0.4) is 0 Å². The second kappa shape index (κ2) is 5.19. The maximum absolute atomic E-state index is 9.15. The lowest BCUT2D eigenvalue weighted by Gasteiger charge is -2.39. The molecule has 4 heteroatoms. The highest BCUT2D eigenvalue weighted by atomic mass is 79.9. The van der Waals surface area contributed by atoms with Gasteiger partial charge in [-0.25, -0.2) is 0 Å². The van der Waals surface area contributed by atoms with Crippen LogP contribution >= 0.6 is 15.9 Å². The first-order valence-electron chi connectivity index (χ1n) is 6.66. The zero-order valence-electron chi connectivity index (χ0n) is 10.5. The van der Waals surface area contributed by atoms with Gasteiger partial charge in [-0.2, -0.15) is 0 Å². The lowest BCUT2D eigenvalue weighted by atomic mass is 10.1. The van der Waals surface area contributed by atoms with E-state index in [0.29, 0.717) is 0 Å². The molecule has 0 saturated carbocycles. The van der Waals surface area contributed by atoms with Gasteiger partial charge in [-0.1, -0.05) is 6.07 Å². The van der Waals surface area contributed by atoms with E-state index in [2.05, 4.69) is 31.8 Å². The topological polar surface area (TPSA) is 26.7 Å². The Balaban J connectivity index is 1.78. The predicted molar refractivity (Wildman–Crippen MR) is 76.9 cm³/mol. The molecule has 18 heavy (non-hydrogen) atoms. The van der Waals surface area contributed by atoms with Gasteiger partial charge in [-0.3, -0.25) is 4.90 Å². The van der Waals surface area contributed by atoms with Crippen LogP contribution in [0.15, 0.2) is 22.7 Å². The number of hydrogen-bond acceptors (Lipinski definition) is 3. The van der Waals surface area contributed by atoms with E-state index in [1.807, 2.05) is 12.1 Å². The lowest BCUT2D eigenvalue weighted by Crippen LogP contribution is -2.50. The van der Waals surface area contributed by atoms with Gasteiger partial charge in [0.05, 0.1) is 12.3 Å². The average molecular weight is 311 g/mol. The van der Waals surface area contributed by atoms with E-state index in [4.69, 9.17) is 5.11 Å². The Labute approximate surface area is 117 Å². The number of benzene rings is 1. The van der Waals surface area contributed by atoms with Crippen LogP contribution in [0.4, 0.5) is 5.69 Å². The molecule has 98 valence electrons. The first-order valence-corrected chi connectivity index (χ1v) is 7.45. The highest BCUT2D eigenvalue weighted by molar-refractivity contribution is 9.10. The fourth-order valence-corrected chi connectivity index (χ4v) is 3.79. The summed E-state index contributed by atoms with van der Waals surface area (Å²) in [6.07, 6.45) is 2.69. The molecule has 1 N–H and O–H groups in total. The summed E-state index contributed by atoms with van der Waals surface area (Å²) >= 11 is 3.63. The number of aliphatic hydroxyl groups is 1. The molecule has 0 aliphatic carbocycles. The molecule has 1 atom stereocenters. The highest BCUT2D eigenvalue weighted by Gasteiger charge is 2.30. The molecule has 1 aromatic carbocycles. The Morgan fingerprint density at radius 1 is 1.28 bits per heavy atom. The number of piperazine rings is 1. The molecule has 3 nitrogen and oxygen atoms in total. The van der Waals surface area contributed by atoms with Crippen molar-refractivity contribution < 1.29 is 5.11 Å². The average Bonchev–Trinajstić information content (AvgIpc) is 2.85. The summed E-state index contributed by atoms with van der Waals surface area (Å²) in [7, 11) is 0. The normalized spacial score (nSPS) is 24.3. The van der Waals surface area contributed by atoms with Crippen LogP contribution in [0.5, 0.6) is 0 Å². The number of anilines is 1. The quantitative estimate of drug-likeness (QED) is 0.907. The molecule has 2 saturated heterocycles. The monoisotopic (exact) mass is 310 g/mol. The van der Waals surface area contributed by atoms with Crippen LogP contribution in [0.2, 0.25) is 0 Å². The van der Waals surface area contributed by atoms with Gasteiger partial charge in [-0.05, 0) is 53.0 Å². The molecule has 0 spiro atoms. The molecule has 2 aliphatic heterocycles. The fourth-order valence-electron chi connectivity index (χ4n) is 3.12. The van der Waals surface area contributed by atoms with E-state index in [0.717, 1.165) is 29.2 Å². The molecule has 0 aromatic heterocycles. The standard InChI is InChI=1S/C14H19BrN2O/c15-13-8-11(10-18)3-4-14(13)17-7-6-16-5-1-2-12(16)9-17/h3-4,8,12,18H,1-2,5-7,9-10H2. The van der Waals surface area contributed by atoms with Crippen molar-refractivity contribution in [2.45, 2.75) is 25.5 Å². The third-order valence-electron chi connectivity index (χ3n) is 4.12. The van der Waals surface area contributed by atoms with Crippen molar-refractivity contribution in [2.24, 2.45) is 0 Å². The minimum atomic E-state index is 0.106. The summed E-state index contributed by atoms with van der Waals surface area (Å²) in [6.45, 7) is 4.81. The Morgan fingerprint density at radius 3 is 2.94 bits per heavy atom. The van der Waals surface area contributed by atoms with Gasteiger partial charge in [0.15, 0.2) is 0 Å². The minimum absolute atomic E-state index is 0.106. The summed E-state index contributed by atoms with van der Waals surface area (Å²) in [6, 6.07) is 6.90. The molecular weight excluding hydrogens is 292 g/mol. The fraction of sp³-hybridized carbons (Fsp3) is 0.571. The van der Waals surface area contributed by atoms with Gasteiger partial charge in [0, 0.05) is 30.1 Å². The third kappa shape index (κ3) is 2.29. The molecular formula is C14H19BrN2O. The van der Waals surface area contributed by atoms with Crippen molar-refractivity contribution in [3.8, 4) is 0 Å². The summed E-state index contributed by atoms with van der Waals surface area (Å²) in [5.74, 6) is 0. The molecule has 0 amide bonds. The van der Waals surface area contributed by atoms with Crippen molar-refractivity contribution in [1.29, 1.82) is 0 Å². The maximum Gasteiger partial charge on any atom is 0.0682 e. The van der Waals surface area contributed by atoms with E-state index in [1.54, 1.807) is 0 Å². The van der Waals surface area contributed by atoms with E-state index in [-0.39, 0.29) is 6.61 Å². The van der Waals surface area contributed by atoms with Crippen LogP contribution in [-0.2, 0) is 6.61 Å². The van der Waals surface area contributed by atoms with E-state index < -0.39 is 0 Å². The van der Waals surface area contributed by atoms with Crippen molar-refractivity contribution in [3.63, 3.8) is 0 Å². The number of halogens is 1. The summed E-state index contributed by atoms with van der Waals surface area (Å²) in [5.41, 5.74) is 2.23. The molecule has 1 unspecified atom stereocenters. The number of nitrogens with zero attached hydrogens (tertiary/aromatic N) is 2. The number of hydrogen-bond donors (Lipinski definition) is 1. The SMILES string of the molecule is OCc1ccc(N2CCN3CCCC3C2)c(Br)c1. The van der Waals surface area contributed by atoms with Gasteiger partial charge in [0.2, 0.25) is 0 Å². The Hall–Kier alpha value is -0.580. The second-order valence-electron chi connectivity index (χ2n) is 5.22. The number of aliphatic hydroxyl groups excluding tert-OH is 1. The van der Waals surface area contributed by atoms with E-state index >= 15 is 0 Å². The summed E-state index contributed by atoms with van der Waals surface area (Å²) in [5, 5.41) is 9.15. The highest BCUT2D eigenvalue weighted by Crippen LogP contribution is 2.31. The van der Waals surface area contributed by atoms with Crippen molar-refractivity contribution in [3.05, 3.63) is 28.2 Å².